The molecule has 23 heavy (non-hydrogen) atoms. The number of thiophene rings is 1. The van der Waals surface area contributed by atoms with Crippen molar-refractivity contribution in [2.75, 3.05) is 12.8 Å². The Labute approximate surface area is 137 Å². The van der Waals surface area contributed by atoms with E-state index in [0.717, 1.165) is 22.0 Å². The van der Waals surface area contributed by atoms with Crippen LogP contribution >= 0.6 is 11.3 Å². The highest BCUT2D eigenvalue weighted by molar-refractivity contribution is 7.13. The number of nitrogen functional groups attached to an aromatic ring is 1. The zero-order valence-electron chi connectivity index (χ0n) is 13.0. The summed E-state index contributed by atoms with van der Waals surface area (Å²) in [6.45, 7) is 2.43. The van der Waals surface area contributed by atoms with Crippen LogP contribution in [-0.2, 0) is 17.9 Å². The topological polar surface area (TPSA) is 92.8 Å². The molecule has 0 atom stereocenters. The summed E-state index contributed by atoms with van der Waals surface area (Å²) in [5.74, 6) is 0.429. The predicted molar refractivity (Wildman–Crippen MR) is 89.8 cm³/mol. The molecule has 120 valence electrons. The Hall–Kier alpha value is -2.61. The van der Waals surface area contributed by atoms with Gasteiger partial charge in [0.25, 0.3) is 0 Å². The third-order valence-electron chi connectivity index (χ3n) is 3.46. The van der Waals surface area contributed by atoms with Gasteiger partial charge in [-0.05, 0) is 24.4 Å². The van der Waals surface area contributed by atoms with Crippen LogP contribution in [0.5, 0.6) is 0 Å². The van der Waals surface area contributed by atoms with Crippen molar-refractivity contribution >= 4 is 23.1 Å². The second-order valence-corrected chi connectivity index (χ2v) is 6.32. The number of anilines is 1. The number of carbonyl (C=O) groups excluding carboxylic acids is 1. The van der Waals surface area contributed by atoms with Crippen molar-refractivity contribution in [2.45, 2.75) is 20.0 Å². The molecular weight excluding hydrogens is 312 g/mol. The maximum atomic E-state index is 12.3. The zero-order chi connectivity index (χ0) is 16.4. The highest BCUT2D eigenvalue weighted by Gasteiger charge is 2.14. The van der Waals surface area contributed by atoms with Gasteiger partial charge in [0.05, 0.1) is 22.8 Å². The quantitative estimate of drug-likeness (QED) is 0.747. The first-order valence-electron chi connectivity index (χ1n) is 7.15. The van der Waals surface area contributed by atoms with Gasteiger partial charge in [-0.2, -0.15) is 10.2 Å². The third kappa shape index (κ3) is 3.42. The molecule has 0 unspecified atom stereocenters. The molecule has 1 amide bonds. The van der Waals surface area contributed by atoms with E-state index < -0.39 is 0 Å². The van der Waals surface area contributed by atoms with Crippen LogP contribution in [-0.4, -0.2) is 37.8 Å². The second kappa shape index (κ2) is 6.25. The number of carbonyl (C=O) groups is 1. The number of nitrogens with two attached hydrogens (primary N) is 1. The number of aromatic amines is 1. The van der Waals surface area contributed by atoms with E-state index in [1.807, 2.05) is 30.5 Å². The van der Waals surface area contributed by atoms with E-state index in [0.29, 0.717) is 12.4 Å². The van der Waals surface area contributed by atoms with Gasteiger partial charge in [-0.25, -0.2) is 4.68 Å². The number of nitrogens with one attached hydrogen (secondary N) is 1. The fourth-order valence-electron chi connectivity index (χ4n) is 2.28. The standard InChI is InChI=1S/C15H18N6OS/c1-10-6-14(16)21(19-10)9-15(22)20(2)8-11-7-12(18-17-11)13-4-3-5-23-13/h3-7H,8-9,16H2,1-2H3,(H,17,18). The predicted octanol–water partition coefficient (Wildman–Crippen LogP) is 1.88. The van der Waals surface area contributed by atoms with Crippen LogP contribution < -0.4 is 5.73 Å². The number of H-pyrrole nitrogens is 1. The lowest BCUT2D eigenvalue weighted by Crippen LogP contribution is -2.30. The molecule has 3 heterocycles. The fourth-order valence-corrected chi connectivity index (χ4v) is 2.96. The van der Waals surface area contributed by atoms with E-state index >= 15 is 0 Å². The Kier molecular flexibility index (Phi) is 4.16. The van der Waals surface area contributed by atoms with E-state index in [2.05, 4.69) is 15.3 Å². The van der Waals surface area contributed by atoms with Crippen molar-refractivity contribution in [3.63, 3.8) is 0 Å². The van der Waals surface area contributed by atoms with Crippen LogP contribution in [0.15, 0.2) is 29.6 Å². The highest BCUT2D eigenvalue weighted by Crippen LogP contribution is 2.23. The monoisotopic (exact) mass is 330 g/mol. The largest absolute Gasteiger partial charge is 0.384 e. The number of aryl methyl sites for hydroxylation is 1. The Morgan fingerprint density at radius 3 is 2.96 bits per heavy atom. The number of nitrogens with zero attached hydrogens (tertiary/aromatic N) is 4. The molecule has 3 rings (SSSR count). The van der Waals surface area contributed by atoms with Crippen LogP contribution in [0.3, 0.4) is 0 Å². The summed E-state index contributed by atoms with van der Waals surface area (Å²) in [5.41, 5.74) is 8.39. The van der Waals surface area contributed by atoms with Crippen molar-refractivity contribution in [1.82, 2.24) is 24.9 Å². The van der Waals surface area contributed by atoms with Crippen LogP contribution in [0.1, 0.15) is 11.4 Å². The molecule has 0 saturated carbocycles. The van der Waals surface area contributed by atoms with Gasteiger partial charge in [-0.15, -0.1) is 11.3 Å². The van der Waals surface area contributed by atoms with Crippen LogP contribution in [0.2, 0.25) is 0 Å². The fraction of sp³-hybridized carbons (Fsp3) is 0.267. The summed E-state index contributed by atoms with van der Waals surface area (Å²) in [6, 6.07) is 7.71. The van der Waals surface area contributed by atoms with Crippen molar-refractivity contribution in [3.05, 3.63) is 41.0 Å². The molecule has 3 aromatic heterocycles. The summed E-state index contributed by atoms with van der Waals surface area (Å²) in [6.07, 6.45) is 0. The molecule has 3 N–H and O–H groups in total. The molecule has 0 aliphatic heterocycles. The first-order valence-corrected chi connectivity index (χ1v) is 8.03. The Morgan fingerprint density at radius 2 is 2.30 bits per heavy atom. The molecular formula is C15H18N6OS. The van der Waals surface area contributed by atoms with Gasteiger partial charge in [0.1, 0.15) is 18.1 Å². The minimum absolute atomic E-state index is 0.0629. The lowest BCUT2D eigenvalue weighted by Gasteiger charge is -2.16. The molecule has 8 heteroatoms. The van der Waals surface area contributed by atoms with Crippen molar-refractivity contribution in [3.8, 4) is 10.6 Å². The van der Waals surface area contributed by atoms with Gasteiger partial charge >= 0.3 is 0 Å². The molecule has 0 radical (unpaired) electrons. The van der Waals surface area contributed by atoms with E-state index in [1.165, 1.54) is 4.68 Å². The Bertz CT molecular complexity index is 804. The summed E-state index contributed by atoms with van der Waals surface area (Å²) in [7, 11) is 1.75. The first-order chi connectivity index (χ1) is 11.0. The molecule has 0 aliphatic carbocycles. The molecule has 0 spiro atoms. The summed E-state index contributed by atoms with van der Waals surface area (Å²) in [5, 5.41) is 13.5. The Morgan fingerprint density at radius 1 is 1.48 bits per heavy atom. The number of rotatable bonds is 5. The minimum Gasteiger partial charge on any atom is -0.384 e. The van der Waals surface area contributed by atoms with Gasteiger partial charge in [0, 0.05) is 13.1 Å². The highest BCUT2D eigenvalue weighted by atomic mass is 32.1. The molecule has 7 nitrogen and oxygen atoms in total. The first kappa shape index (κ1) is 15.3. The van der Waals surface area contributed by atoms with Gasteiger partial charge in [0.15, 0.2) is 0 Å². The maximum absolute atomic E-state index is 12.3. The Balaban J connectivity index is 1.63. The molecule has 0 aromatic carbocycles. The molecule has 0 aliphatic rings. The van der Waals surface area contributed by atoms with Crippen molar-refractivity contribution < 1.29 is 4.79 Å². The lowest BCUT2D eigenvalue weighted by molar-refractivity contribution is -0.131. The maximum Gasteiger partial charge on any atom is 0.244 e. The molecule has 3 aromatic rings. The van der Waals surface area contributed by atoms with Gasteiger partial charge in [-0.1, -0.05) is 6.07 Å². The van der Waals surface area contributed by atoms with E-state index in [-0.39, 0.29) is 12.5 Å². The van der Waals surface area contributed by atoms with E-state index in [9.17, 15) is 4.79 Å². The summed E-state index contributed by atoms with van der Waals surface area (Å²) in [4.78, 5) is 15.0. The number of aromatic nitrogens is 4. The number of hydrogen-bond acceptors (Lipinski definition) is 5. The molecule has 0 fully saturated rings. The van der Waals surface area contributed by atoms with Crippen LogP contribution in [0, 0.1) is 6.92 Å². The zero-order valence-corrected chi connectivity index (χ0v) is 13.8. The van der Waals surface area contributed by atoms with Crippen LogP contribution in [0.25, 0.3) is 10.6 Å². The van der Waals surface area contributed by atoms with Gasteiger partial charge in [0.2, 0.25) is 5.91 Å². The number of amides is 1. The second-order valence-electron chi connectivity index (χ2n) is 5.37. The average Bonchev–Trinajstić information content (AvgIpc) is 3.21. The molecule has 0 saturated heterocycles. The van der Waals surface area contributed by atoms with E-state index in [4.69, 9.17) is 5.73 Å². The summed E-state index contributed by atoms with van der Waals surface area (Å²) < 4.78 is 1.51. The third-order valence-corrected chi connectivity index (χ3v) is 4.35. The summed E-state index contributed by atoms with van der Waals surface area (Å²) >= 11 is 1.63. The average molecular weight is 330 g/mol. The number of likely N-dealkylation sites (N-methyl/N-ethyl adjacent to an activating group) is 1. The van der Waals surface area contributed by atoms with Crippen molar-refractivity contribution in [1.29, 1.82) is 0 Å². The van der Waals surface area contributed by atoms with E-state index in [1.54, 1.807) is 29.4 Å². The van der Waals surface area contributed by atoms with Crippen LogP contribution in [0.4, 0.5) is 5.82 Å². The smallest absolute Gasteiger partial charge is 0.244 e. The van der Waals surface area contributed by atoms with Crippen molar-refractivity contribution in [2.24, 2.45) is 0 Å². The SMILES string of the molecule is Cc1cc(N)n(CC(=O)N(C)Cc2cc(-c3cccs3)n[nH]2)n1. The van der Waals surface area contributed by atoms with Gasteiger partial charge < -0.3 is 10.6 Å². The minimum atomic E-state index is -0.0629. The molecule has 0 bridgehead atoms. The van der Waals surface area contributed by atoms with Gasteiger partial charge in [-0.3, -0.25) is 9.89 Å². The number of hydrogen-bond donors (Lipinski definition) is 2. The normalized spacial score (nSPS) is 10.9. The lowest BCUT2D eigenvalue weighted by atomic mass is 10.3.